The SMILES string of the molecule is CCCCCCSc1ccc(C#Cc2ccc(-c3ccc(C#Cc4ccc(SCCCCCC)cc4)cn3)nc2)cc1. The van der Waals surface area contributed by atoms with Crippen LogP contribution in [0, 0.1) is 23.7 Å². The van der Waals surface area contributed by atoms with E-state index in [9.17, 15) is 0 Å². The molecule has 0 unspecified atom stereocenters. The molecule has 0 bridgehead atoms. The van der Waals surface area contributed by atoms with Gasteiger partial charge in [0.25, 0.3) is 0 Å². The molecule has 4 aromatic rings. The van der Waals surface area contributed by atoms with Crippen LogP contribution in [0.1, 0.15) is 87.5 Å². The third-order valence-corrected chi connectivity index (χ3v) is 8.93. The lowest BCUT2D eigenvalue weighted by Crippen LogP contribution is -1.89. The van der Waals surface area contributed by atoms with Crippen LogP contribution in [0.4, 0.5) is 0 Å². The van der Waals surface area contributed by atoms with Crippen LogP contribution in [0.3, 0.4) is 0 Å². The first kappa shape index (κ1) is 31.5. The Balaban J connectivity index is 1.26. The number of benzene rings is 2. The van der Waals surface area contributed by atoms with Crippen molar-refractivity contribution in [3.8, 4) is 35.1 Å². The molecule has 0 saturated carbocycles. The van der Waals surface area contributed by atoms with Crippen LogP contribution in [-0.4, -0.2) is 21.5 Å². The van der Waals surface area contributed by atoms with E-state index in [1.807, 2.05) is 60.2 Å². The fourth-order valence-corrected chi connectivity index (χ4v) is 6.06. The first-order valence-corrected chi connectivity index (χ1v) is 17.1. The van der Waals surface area contributed by atoms with Crippen molar-refractivity contribution in [2.24, 2.45) is 0 Å². The van der Waals surface area contributed by atoms with E-state index < -0.39 is 0 Å². The van der Waals surface area contributed by atoms with Gasteiger partial charge in [0.1, 0.15) is 0 Å². The van der Waals surface area contributed by atoms with Crippen LogP contribution in [0.25, 0.3) is 11.4 Å². The van der Waals surface area contributed by atoms with Gasteiger partial charge >= 0.3 is 0 Å². The van der Waals surface area contributed by atoms with E-state index in [-0.39, 0.29) is 0 Å². The minimum Gasteiger partial charge on any atom is -0.253 e. The van der Waals surface area contributed by atoms with Crippen molar-refractivity contribution in [2.45, 2.75) is 75.0 Å². The van der Waals surface area contributed by atoms with Crippen molar-refractivity contribution in [3.05, 3.63) is 107 Å². The zero-order valence-electron chi connectivity index (χ0n) is 24.9. The average Bonchev–Trinajstić information content (AvgIpc) is 3.04. The standard InChI is InChI=1S/C38H40N2S2/c1-3-5-7-9-27-41-35-21-15-31(16-22-35)11-13-33-19-25-37(39-29-33)38-26-20-34(30-40-38)14-12-32-17-23-36(24-18-32)42-28-10-8-6-4-2/h15-26,29-30H,3-10,27-28H2,1-2H3. The Kier molecular flexibility index (Phi) is 13.6. The summed E-state index contributed by atoms with van der Waals surface area (Å²) >= 11 is 3.86. The molecule has 0 N–H and O–H groups in total. The molecule has 4 rings (SSSR count). The van der Waals surface area contributed by atoms with Crippen molar-refractivity contribution >= 4 is 23.5 Å². The van der Waals surface area contributed by atoms with Gasteiger partial charge in [0.2, 0.25) is 0 Å². The van der Waals surface area contributed by atoms with Gasteiger partial charge in [-0.05, 0) is 97.1 Å². The average molecular weight is 589 g/mol. The first-order chi connectivity index (χ1) is 20.7. The molecule has 0 atom stereocenters. The summed E-state index contributed by atoms with van der Waals surface area (Å²) < 4.78 is 0. The van der Waals surface area contributed by atoms with Gasteiger partial charge in [0, 0.05) is 44.4 Å². The van der Waals surface area contributed by atoms with Gasteiger partial charge in [-0.1, -0.05) is 76.1 Å². The third kappa shape index (κ3) is 11.1. The highest BCUT2D eigenvalue weighted by atomic mass is 32.2. The molecule has 0 aliphatic carbocycles. The summed E-state index contributed by atoms with van der Waals surface area (Å²) in [5.74, 6) is 15.3. The van der Waals surface area contributed by atoms with Gasteiger partial charge in [-0.15, -0.1) is 23.5 Å². The van der Waals surface area contributed by atoms with Gasteiger partial charge in [-0.25, -0.2) is 0 Å². The molecule has 42 heavy (non-hydrogen) atoms. The van der Waals surface area contributed by atoms with E-state index in [0.717, 1.165) is 33.6 Å². The molecule has 0 saturated heterocycles. The van der Waals surface area contributed by atoms with Gasteiger partial charge in [0.15, 0.2) is 0 Å². The normalized spacial score (nSPS) is 10.4. The molecule has 0 aliphatic heterocycles. The summed E-state index contributed by atoms with van der Waals surface area (Å²) in [7, 11) is 0. The van der Waals surface area contributed by atoms with Crippen LogP contribution in [0.2, 0.25) is 0 Å². The largest absolute Gasteiger partial charge is 0.253 e. The van der Waals surface area contributed by atoms with Crippen molar-refractivity contribution in [3.63, 3.8) is 0 Å². The first-order valence-electron chi connectivity index (χ1n) is 15.2. The Hall–Kier alpha value is -3.44. The molecule has 2 aromatic carbocycles. The fourth-order valence-electron chi connectivity index (χ4n) is 4.23. The summed E-state index contributed by atoms with van der Waals surface area (Å²) in [5.41, 5.74) is 5.44. The number of aromatic nitrogens is 2. The Morgan fingerprint density at radius 2 is 0.833 bits per heavy atom. The lowest BCUT2D eigenvalue weighted by molar-refractivity contribution is 0.706. The zero-order valence-corrected chi connectivity index (χ0v) is 26.5. The molecule has 4 heteroatoms. The summed E-state index contributed by atoms with van der Waals surface area (Å²) in [6.07, 6.45) is 14.1. The zero-order chi connectivity index (χ0) is 29.2. The molecule has 0 fully saturated rings. The number of hydrogen-bond acceptors (Lipinski definition) is 4. The van der Waals surface area contributed by atoms with Crippen molar-refractivity contribution < 1.29 is 0 Å². The highest BCUT2D eigenvalue weighted by molar-refractivity contribution is 7.99. The fraction of sp³-hybridized carbons (Fsp3) is 0.316. The summed E-state index contributed by atoms with van der Waals surface area (Å²) in [6.45, 7) is 4.50. The monoisotopic (exact) mass is 588 g/mol. The molecule has 0 radical (unpaired) electrons. The van der Waals surface area contributed by atoms with Crippen LogP contribution in [-0.2, 0) is 0 Å². The molecule has 214 valence electrons. The molecule has 0 aliphatic rings. The van der Waals surface area contributed by atoms with E-state index in [1.54, 1.807) is 0 Å². The maximum atomic E-state index is 4.59. The lowest BCUT2D eigenvalue weighted by atomic mass is 10.1. The predicted molar refractivity (Wildman–Crippen MR) is 182 cm³/mol. The molecule has 0 amide bonds. The van der Waals surface area contributed by atoms with Gasteiger partial charge in [-0.3, -0.25) is 9.97 Å². The van der Waals surface area contributed by atoms with Crippen LogP contribution in [0.5, 0.6) is 0 Å². The summed E-state index contributed by atoms with van der Waals surface area (Å²) in [4.78, 5) is 11.8. The number of rotatable bonds is 13. The highest BCUT2D eigenvalue weighted by Crippen LogP contribution is 2.21. The topological polar surface area (TPSA) is 25.8 Å². The second kappa shape index (κ2) is 18.2. The number of pyridine rings is 2. The number of hydrogen-bond donors (Lipinski definition) is 0. The van der Waals surface area contributed by atoms with Crippen molar-refractivity contribution in [1.29, 1.82) is 0 Å². The Bertz CT molecular complexity index is 1350. The second-order valence-electron chi connectivity index (χ2n) is 10.2. The van der Waals surface area contributed by atoms with E-state index in [0.29, 0.717) is 0 Å². The summed E-state index contributed by atoms with van der Waals surface area (Å²) in [5, 5.41) is 0. The van der Waals surface area contributed by atoms with Crippen LogP contribution in [0.15, 0.2) is 95.0 Å². The van der Waals surface area contributed by atoms with E-state index in [1.165, 1.54) is 72.7 Å². The van der Waals surface area contributed by atoms with Gasteiger partial charge in [0.05, 0.1) is 11.4 Å². The lowest BCUT2D eigenvalue weighted by Gasteiger charge is -2.02. The maximum absolute atomic E-state index is 4.59. The molecular formula is C38H40N2S2. The molecule has 0 spiro atoms. The maximum Gasteiger partial charge on any atom is 0.0887 e. The van der Waals surface area contributed by atoms with Crippen LogP contribution < -0.4 is 0 Å². The Labute approximate surface area is 261 Å². The minimum absolute atomic E-state index is 0.822. The van der Waals surface area contributed by atoms with E-state index >= 15 is 0 Å². The van der Waals surface area contributed by atoms with Crippen LogP contribution >= 0.6 is 23.5 Å². The van der Waals surface area contributed by atoms with Crippen molar-refractivity contribution in [1.82, 2.24) is 9.97 Å². The predicted octanol–water partition coefficient (Wildman–Crippen LogP) is 10.3. The number of thioether (sulfide) groups is 2. The molecule has 2 heterocycles. The van der Waals surface area contributed by atoms with E-state index in [4.69, 9.17) is 0 Å². The second-order valence-corrected chi connectivity index (χ2v) is 12.6. The molecular weight excluding hydrogens is 549 g/mol. The molecule has 2 aromatic heterocycles. The third-order valence-electron chi connectivity index (χ3n) is 6.73. The minimum atomic E-state index is 0.822. The Morgan fingerprint density at radius 1 is 0.452 bits per heavy atom. The van der Waals surface area contributed by atoms with Gasteiger partial charge in [-0.2, -0.15) is 0 Å². The van der Waals surface area contributed by atoms with Crippen molar-refractivity contribution in [2.75, 3.05) is 11.5 Å². The summed E-state index contributed by atoms with van der Waals surface area (Å²) in [6, 6.07) is 25.0. The molecule has 2 nitrogen and oxygen atoms in total. The highest BCUT2D eigenvalue weighted by Gasteiger charge is 2.01. The number of unbranched alkanes of at least 4 members (excludes halogenated alkanes) is 6. The Morgan fingerprint density at radius 3 is 1.19 bits per heavy atom. The van der Waals surface area contributed by atoms with Gasteiger partial charge < -0.3 is 0 Å². The number of nitrogens with zero attached hydrogens (tertiary/aromatic N) is 2. The van der Waals surface area contributed by atoms with E-state index in [2.05, 4.69) is 96.0 Å². The quantitative estimate of drug-likeness (QED) is 0.0881. The smallest absolute Gasteiger partial charge is 0.0887 e.